The molecule has 0 radical (unpaired) electrons. The standard InChI is InChI=1S/C21H20F2N2O5/c1-21(29,20(22)23)17(19(28)25-30)24-18(27)16-10-8-14(9-11-16)3-2-13-4-6-15(12-26)7-5-13/h4-11,17,20,26,29-30H,12H2,1H3,(H,24,27)(H,25,28)/t17-,21?/m1/s1. The lowest BCUT2D eigenvalue weighted by molar-refractivity contribution is -0.149. The number of carbonyl (C=O) groups is 2. The molecule has 0 aromatic heterocycles. The van der Waals surface area contributed by atoms with Crippen LogP contribution in [0.3, 0.4) is 0 Å². The molecule has 2 atom stereocenters. The predicted molar refractivity (Wildman–Crippen MR) is 103 cm³/mol. The smallest absolute Gasteiger partial charge is 0.269 e. The third kappa shape index (κ3) is 5.61. The van der Waals surface area contributed by atoms with E-state index in [0.29, 0.717) is 12.5 Å². The molecule has 2 amide bonds. The van der Waals surface area contributed by atoms with Gasteiger partial charge in [0.1, 0.15) is 6.04 Å². The monoisotopic (exact) mass is 418 g/mol. The fraction of sp³-hybridized carbons (Fsp3) is 0.238. The Kier molecular flexibility index (Phi) is 7.60. The zero-order chi connectivity index (χ0) is 22.3. The van der Waals surface area contributed by atoms with Crippen molar-refractivity contribution in [2.75, 3.05) is 0 Å². The van der Waals surface area contributed by atoms with Crippen LogP contribution in [0, 0.1) is 11.8 Å². The number of rotatable bonds is 6. The number of carbonyl (C=O) groups excluding carboxylic acids is 2. The van der Waals surface area contributed by atoms with E-state index in [2.05, 4.69) is 11.8 Å². The molecule has 2 rings (SSSR count). The van der Waals surface area contributed by atoms with Gasteiger partial charge in [-0.2, -0.15) is 0 Å². The van der Waals surface area contributed by atoms with Crippen molar-refractivity contribution in [1.29, 1.82) is 0 Å². The molecule has 0 fully saturated rings. The molecule has 0 aliphatic heterocycles. The fourth-order valence-electron chi connectivity index (χ4n) is 2.42. The largest absolute Gasteiger partial charge is 0.392 e. The van der Waals surface area contributed by atoms with Crippen molar-refractivity contribution in [3.63, 3.8) is 0 Å². The first-order chi connectivity index (χ1) is 14.2. The summed E-state index contributed by atoms with van der Waals surface area (Å²) < 4.78 is 26.1. The van der Waals surface area contributed by atoms with Gasteiger partial charge in [-0.05, 0) is 48.9 Å². The Bertz CT molecular complexity index is 948. The minimum absolute atomic E-state index is 0.0358. The second kappa shape index (κ2) is 9.93. The Morgan fingerprint density at radius 1 is 1.03 bits per heavy atom. The SMILES string of the molecule is CC(O)(C(F)F)[C@H](NC(=O)c1ccc(C#Cc2ccc(CO)cc2)cc1)C(=O)NO. The van der Waals surface area contributed by atoms with Crippen LogP contribution in [0.2, 0.25) is 0 Å². The van der Waals surface area contributed by atoms with Crippen molar-refractivity contribution in [1.82, 2.24) is 10.8 Å². The van der Waals surface area contributed by atoms with E-state index in [-0.39, 0.29) is 12.2 Å². The number of hydroxylamine groups is 1. The maximum Gasteiger partial charge on any atom is 0.269 e. The zero-order valence-corrected chi connectivity index (χ0v) is 15.9. The van der Waals surface area contributed by atoms with Gasteiger partial charge in [0.25, 0.3) is 18.2 Å². The summed E-state index contributed by atoms with van der Waals surface area (Å²) in [7, 11) is 0. The molecular weight excluding hydrogens is 398 g/mol. The molecule has 2 aromatic carbocycles. The molecule has 30 heavy (non-hydrogen) atoms. The number of aliphatic hydroxyl groups excluding tert-OH is 1. The van der Waals surface area contributed by atoms with Crippen molar-refractivity contribution in [2.24, 2.45) is 0 Å². The molecule has 158 valence electrons. The molecule has 0 saturated heterocycles. The Balaban J connectivity index is 2.14. The number of benzene rings is 2. The zero-order valence-electron chi connectivity index (χ0n) is 15.9. The van der Waals surface area contributed by atoms with E-state index in [1.54, 1.807) is 24.3 Å². The quantitative estimate of drug-likeness (QED) is 0.274. The maximum atomic E-state index is 13.0. The average Bonchev–Trinajstić information content (AvgIpc) is 2.75. The first-order valence-electron chi connectivity index (χ1n) is 8.76. The molecule has 1 unspecified atom stereocenters. The number of halogens is 2. The number of aliphatic hydroxyl groups is 2. The molecule has 0 spiro atoms. The van der Waals surface area contributed by atoms with Crippen LogP contribution in [0.5, 0.6) is 0 Å². The van der Waals surface area contributed by atoms with Crippen molar-refractivity contribution in [2.45, 2.75) is 31.6 Å². The molecule has 5 N–H and O–H groups in total. The molecule has 0 heterocycles. The summed E-state index contributed by atoms with van der Waals surface area (Å²) >= 11 is 0. The Hall–Kier alpha value is -3.32. The van der Waals surface area contributed by atoms with Crippen molar-refractivity contribution >= 4 is 11.8 Å². The first kappa shape index (κ1) is 23.0. The van der Waals surface area contributed by atoms with Gasteiger partial charge in [-0.25, -0.2) is 14.3 Å². The summed E-state index contributed by atoms with van der Waals surface area (Å²) in [5, 5.41) is 29.6. The lowest BCUT2D eigenvalue weighted by Gasteiger charge is -2.30. The first-order valence-corrected chi connectivity index (χ1v) is 8.76. The van der Waals surface area contributed by atoms with E-state index in [0.717, 1.165) is 16.6 Å². The lowest BCUT2D eigenvalue weighted by Crippen LogP contribution is -2.61. The molecular formula is C21H20F2N2O5. The predicted octanol–water partition coefficient (Wildman–Crippen LogP) is 1.20. The summed E-state index contributed by atoms with van der Waals surface area (Å²) in [5.41, 5.74) is 0.339. The highest BCUT2D eigenvalue weighted by Gasteiger charge is 2.46. The number of hydrogen-bond acceptors (Lipinski definition) is 5. The summed E-state index contributed by atoms with van der Waals surface area (Å²) in [4.78, 5) is 24.0. The topological polar surface area (TPSA) is 119 Å². The maximum absolute atomic E-state index is 13.0. The third-order valence-electron chi connectivity index (χ3n) is 4.31. The molecule has 2 aromatic rings. The Morgan fingerprint density at radius 3 is 1.97 bits per heavy atom. The minimum Gasteiger partial charge on any atom is -0.392 e. The normalized spacial score (nSPS) is 13.6. The highest BCUT2D eigenvalue weighted by molar-refractivity contribution is 5.97. The van der Waals surface area contributed by atoms with Crippen LogP contribution in [0.4, 0.5) is 8.78 Å². The fourth-order valence-corrected chi connectivity index (χ4v) is 2.42. The summed E-state index contributed by atoms with van der Waals surface area (Å²) in [6.07, 6.45) is -3.36. The van der Waals surface area contributed by atoms with Gasteiger partial charge in [-0.1, -0.05) is 24.0 Å². The van der Waals surface area contributed by atoms with E-state index in [1.807, 2.05) is 5.32 Å². The Morgan fingerprint density at radius 2 is 1.53 bits per heavy atom. The third-order valence-corrected chi connectivity index (χ3v) is 4.31. The van der Waals surface area contributed by atoms with Crippen LogP contribution in [0.1, 0.15) is 34.0 Å². The van der Waals surface area contributed by atoms with Gasteiger partial charge < -0.3 is 15.5 Å². The molecule has 0 saturated carbocycles. The van der Waals surface area contributed by atoms with E-state index in [9.17, 15) is 23.5 Å². The van der Waals surface area contributed by atoms with Crippen LogP contribution in [0.25, 0.3) is 0 Å². The lowest BCUT2D eigenvalue weighted by atomic mass is 9.95. The van der Waals surface area contributed by atoms with E-state index < -0.39 is 29.9 Å². The van der Waals surface area contributed by atoms with Crippen molar-refractivity contribution in [3.05, 3.63) is 70.8 Å². The van der Waals surface area contributed by atoms with Crippen LogP contribution in [0.15, 0.2) is 48.5 Å². The number of hydrogen-bond donors (Lipinski definition) is 5. The van der Waals surface area contributed by atoms with E-state index in [4.69, 9.17) is 10.3 Å². The molecule has 9 heteroatoms. The Labute approximate surface area is 171 Å². The van der Waals surface area contributed by atoms with Gasteiger partial charge in [-0.15, -0.1) is 0 Å². The van der Waals surface area contributed by atoms with Crippen molar-refractivity contribution in [3.8, 4) is 11.8 Å². The number of nitrogens with one attached hydrogen (secondary N) is 2. The highest BCUT2D eigenvalue weighted by atomic mass is 19.3. The average molecular weight is 418 g/mol. The van der Waals surface area contributed by atoms with Gasteiger partial charge in [-0.3, -0.25) is 14.8 Å². The molecule has 0 aliphatic carbocycles. The molecule has 7 nitrogen and oxygen atoms in total. The van der Waals surface area contributed by atoms with E-state index in [1.165, 1.54) is 24.3 Å². The van der Waals surface area contributed by atoms with Gasteiger partial charge in [0.15, 0.2) is 5.60 Å². The van der Waals surface area contributed by atoms with E-state index >= 15 is 0 Å². The van der Waals surface area contributed by atoms with Crippen molar-refractivity contribution < 1.29 is 33.8 Å². The van der Waals surface area contributed by atoms with Crippen LogP contribution in [-0.4, -0.2) is 45.3 Å². The van der Waals surface area contributed by atoms with Crippen LogP contribution in [-0.2, 0) is 11.4 Å². The second-order valence-electron chi connectivity index (χ2n) is 6.59. The summed E-state index contributed by atoms with van der Waals surface area (Å²) in [5.74, 6) is 3.52. The van der Waals surface area contributed by atoms with Gasteiger partial charge in [0.2, 0.25) is 0 Å². The van der Waals surface area contributed by atoms with Gasteiger partial charge >= 0.3 is 0 Å². The molecule has 0 bridgehead atoms. The molecule has 0 aliphatic rings. The van der Waals surface area contributed by atoms with Crippen LogP contribution < -0.4 is 10.8 Å². The van der Waals surface area contributed by atoms with Crippen LogP contribution >= 0.6 is 0 Å². The van der Waals surface area contributed by atoms with Gasteiger partial charge in [0.05, 0.1) is 6.61 Å². The highest BCUT2D eigenvalue weighted by Crippen LogP contribution is 2.20. The number of alkyl halides is 2. The minimum atomic E-state index is -3.36. The summed E-state index contributed by atoms with van der Waals surface area (Å²) in [6, 6.07) is 10.7. The van der Waals surface area contributed by atoms with Gasteiger partial charge in [0, 0.05) is 16.7 Å². The summed E-state index contributed by atoms with van der Waals surface area (Å²) in [6.45, 7) is 0.606. The second-order valence-corrected chi connectivity index (χ2v) is 6.59. The number of amides is 2.